The first-order valence-corrected chi connectivity index (χ1v) is 6.03. The van der Waals surface area contributed by atoms with Gasteiger partial charge in [-0.1, -0.05) is 12.1 Å². The fourth-order valence-electron chi connectivity index (χ4n) is 1.79. The molecule has 19 heavy (non-hydrogen) atoms. The molecule has 0 aromatic carbocycles. The summed E-state index contributed by atoms with van der Waals surface area (Å²) < 4.78 is 10.2. The summed E-state index contributed by atoms with van der Waals surface area (Å²) in [5.74, 6) is 1.02. The lowest BCUT2D eigenvalue weighted by Crippen LogP contribution is -2.14. The van der Waals surface area contributed by atoms with E-state index < -0.39 is 6.10 Å². The summed E-state index contributed by atoms with van der Waals surface area (Å²) in [6.45, 7) is 3.65. The van der Waals surface area contributed by atoms with Gasteiger partial charge < -0.3 is 14.4 Å². The molecule has 0 saturated carbocycles. The number of methoxy groups -OCH3 is 1. The second kappa shape index (κ2) is 5.75. The molecule has 7 nitrogen and oxygen atoms in total. The predicted octanol–water partition coefficient (Wildman–Crippen LogP) is 1.41. The SMILES string of the molecule is CCC(c1nc(-c2cc(OC)ncn2)no1)C(C)O. The average Bonchev–Trinajstić information content (AvgIpc) is 2.89. The predicted molar refractivity (Wildman–Crippen MR) is 66.6 cm³/mol. The molecular weight excluding hydrogens is 248 g/mol. The third-order valence-electron chi connectivity index (χ3n) is 2.86. The molecule has 2 unspecified atom stereocenters. The van der Waals surface area contributed by atoms with E-state index in [0.717, 1.165) is 0 Å². The molecule has 0 spiro atoms. The molecule has 102 valence electrons. The fourth-order valence-corrected chi connectivity index (χ4v) is 1.79. The molecule has 0 aliphatic heterocycles. The summed E-state index contributed by atoms with van der Waals surface area (Å²) in [5, 5.41) is 13.5. The van der Waals surface area contributed by atoms with E-state index in [9.17, 15) is 5.11 Å². The van der Waals surface area contributed by atoms with Crippen molar-refractivity contribution in [1.29, 1.82) is 0 Å². The highest BCUT2D eigenvalue weighted by Gasteiger charge is 2.22. The Bertz CT molecular complexity index is 541. The van der Waals surface area contributed by atoms with E-state index >= 15 is 0 Å². The van der Waals surface area contributed by atoms with Crippen LogP contribution in [0.25, 0.3) is 11.5 Å². The van der Waals surface area contributed by atoms with Crippen LogP contribution in [0.2, 0.25) is 0 Å². The van der Waals surface area contributed by atoms with Gasteiger partial charge in [-0.25, -0.2) is 9.97 Å². The number of aliphatic hydroxyl groups is 1. The highest BCUT2D eigenvalue weighted by molar-refractivity contribution is 5.49. The molecule has 1 N–H and O–H groups in total. The number of hydrogen-bond acceptors (Lipinski definition) is 7. The Morgan fingerprint density at radius 1 is 1.42 bits per heavy atom. The van der Waals surface area contributed by atoms with Crippen molar-refractivity contribution in [3.05, 3.63) is 18.3 Å². The normalized spacial score (nSPS) is 14.1. The summed E-state index contributed by atoms with van der Waals surface area (Å²) in [4.78, 5) is 12.2. The smallest absolute Gasteiger partial charge is 0.232 e. The molecule has 0 amide bonds. The molecule has 2 rings (SSSR count). The van der Waals surface area contributed by atoms with Gasteiger partial charge in [0.2, 0.25) is 17.6 Å². The lowest BCUT2D eigenvalue weighted by molar-refractivity contribution is 0.141. The Morgan fingerprint density at radius 2 is 2.21 bits per heavy atom. The quantitative estimate of drug-likeness (QED) is 0.872. The summed E-state index contributed by atoms with van der Waals surface area (Å²) in [5.41, 5.74) is 0.516. The molecule has 2 atom stereocenters. The minimum Gasteiger partial charge on any atom is -0.481 e. The van der Waals surface area contributed by atoms with Gasteiger partial charge in [-0.2, -0.15) is 4.98 Å². The number of nitrogens with zero attached hydrogens (tertiary/aromatic N) is 4. The Labute approximate surface area is 110 Å². The van der Waals surface area contributed by atoms with Crippen molar-refractivity contribution < 1.29 is 14.4 Å². The summed E-state index contributed by atoms with van der Waals surface area (Å²) >= 11 is 0. The standard InChI is InChI=1S/C12H16N4O3/c1-4-8(7(2)17)12-15-11(16-19-12)9-5-10(18-3)14-6-13-9/h5-8,17H,4H2,1-3H3. The third kappa shape index (κ3) is 2.87. The van der Waals surface area contributed by atoms with Crippen LogP contribution in [0, 0.1) is 0 Å². The molecule has 0 radical (unpaired) electrons. The Hall–Kier alpha value is -2.02. The van der Waals surface area contributed by atoms with E-state index in [2.05, 4.69) is 20.1 Å². The van der Waals surface area contributed by atoms with Crippen LogP contribution in [0.5, 0.6) is 5.88 Å². The average molecular weight is 264 g/mol. The lowest BCUT2D eigenvalue weighted by Gasteiger charge is -2.12. The molecule has 0 bridgehead atoms. The van der Waals surface area contributed by atoms with Crippen LogP contribution in [0.4, 0.5) is 0 Å². The summed E-state index contributed by atoms with van der Waals surface area (Å²) in [6.07, 6.45) is 1.54. The first-order chi connectivity index (χ1) is 9.15. The third-order valence-corrected chi connectivity index (χ3v) is 2.86. The van der Waals surface area contributed by atoms with E-state index in [4.69, 9.17) is 9.26 Å². The van der Waals surface area contributed by atoms with Crippen molar-refractivity contribution >= 4 is 0 Å². The Morgan fingerprint density at radius 3 is 2.84 bits per heavy atom. The van der Waals surface area contributed by atoms with Crippen molar-refractivity contribution in [2.24, 2.45) is 0 Å². The van der Waals surface area contributed by atoms with Gasteiger partial charge >= 0.3 is 0 Å². The van der Waals surface area contributed by atoms with Gasteiger partial charge in [0.25, 0.3) is 0 Å². The van der Waals surface area contributed by atoms with Crippen LogP contribution in [-0.2, 0) is 0 Å². The van der Waals surface area contributed by atoms with Gasteiger partial charge in [0.1, 0.15) is 12.0 Å². The first kappa shape index (κ1) is 13.4. The highest BCUT2D eigenvalue weighted by atomic mass is 16.5. The van der Waals surface area contributed by atoms with Gasteiger partial charge in [0.15, 0.2) is 0 Å². The minimum absolute atomic E-state index is 0.176. The number of aliphatic hydroxyl groups excluding tert-OH is 1. The maximum Gasteiger partial charge on any atom is 0.232 e. The van der Waals surface area contributed by atoms with E-state index in [1.54, 1.807) is 13.0 Å². The van der Waals surface area contributed by atoms with Gasteiger partial charge in [-0.05, 0) is 13.3 Å². The Kier molecular flexibility index (Phi) is 4.06. The fraction of sp³-hybridized carbons (Fsp3) is 0.500. The largest absolute Gasteiger partial charge is 0.481 e. The number of ether oxygens (including phenoxy) is 1. The van der Waals surface area contributed by atoms with Gasteiger partial charge in [-0.3, -0.25) is 0 Å². The second-order valence-electron chi connectivity index (χ2n) is 4.16. The zero-order valence-electron chi connectivity index (χ0n) is 11.1. The summed E-state index contributed by atoms with van der Waals surface area (Å²) in [6, 6.07) is 1.62. The minimum atomic E-state index is -0.543. The van der Waals surface area contributed by atoms with Crippen LogP contribution >= 0.6 is 0 Å². The molecule has 0 fully saturated rings. The number of rotatable bonds is 5. The molecule has 2 aromatic rings. The van der Waals surface area contributed by atoms with Crippen molar-refractivity contribution in [2.75, 3.05) is 7.11 Å². The van der Waals surface area contributed by atoms with Crippen molar-refractivity contribution in [2.45, 2.75) is 32.3 Å². The van der Waals surface area contributed by atoms with Crippen LogP contribution in [0.1, 0.15) is 32.1 Å². The van der Waals surface area contributed by atoms with Gasteiger partial charge in [0.05, 0.1) is 19.1 Å². The number of aromatic nitrogens is 4. The lowest BCUT2D eigenvalue weighted by atomic mass is 10.0. The van der Waals surface area contributed by atoms with E-state index in [0.29, 0.717) is 29.7 Å². The van der Waals surface area contributed by atoms with Crippen molar-refractivity contribution in [3.8, 4) is 17.4 Å². The molecule has 7 heteroatoms. The zero-order chi connectivity index (χ0) is 13.8. The first-order valence-electron chi connectivity index (χ1n) is 6.03. The highest BCUT2D eigenvalue weighted by Crippen LogP contribution is 2.24. The molecular formula is C12H16N4O3. The van der Waals surface area contributed by atoms with Crippen LogP contribution < -0.4 is 4.74 Å². The van der Waals surface area contributed by atoms with Gasteiger partial charge in [0, 0.05) is 6.07 Å². The Balaban J connectivity index is 2.29. The van der Waals surface area contributed by atoms with Crippen molar-refractivity contribution in [3.63, 3.8) is 0 Å². The van der Waals surface area contributed by atoms with Crippen LogP contribution in [-0.4, -0.2) is 38.4 Å². The van der Waals surface area contributed by atoms with E-state index in [-0.39, 0.29) is 5.92 Å². The molecule has 2 aromatic heterocycles. The van der Waals surface area contributed by atoms with Gasteiger partial charge in [-0.15, -0.1) is 0 Å². The second-order valence-corrected chi connectivity index (χ2v) is 4.16. The maximum atomic E-state index is 9.65. The number of hydrogen-bond donors (Lipinski definition) is 1. The van der Waals surface area contributed by atoms with Crippen molar-refractivity contribution in [1.82, 2.24) is 20.1 Å². The molecule has 0 aliphatic rings. The summed E-state index contributed by atoms with van der Waals surface area (Å²) in [7, 11) is 1.52. The monoisotopic (exact) mass is 264 g/mol. The maximum absolute atomic E-state index is 9.65. The molecule has 0 aliphatic carbocycles. The molecule has 2 heterocycles. The molecule has 0 saturated heterocycles. The van der Waals surface area contributed by atoms with E-state index in [1.807, 2.05) is 6.92 Å². The van der Waals surface area contributed by atoms with E-state index in [1.165, 1.54) is 13.4 Å². The topological polar surface area (TPSA) is 94.2 Å². The van der Waals surface area contributed by atoms with Crippen LogP contribution in [0.15, 0.2) is 16.9 Å². The zero-order valence-corrected chi connectivity index (χ0v) is 11.1. The van der Waals surface area contributed by atoms with Crippen LogP contribution in [0.3, 0.4) is 0 Å².